The molecule has 0 aromatic heterocycles. The number of hydrogen-bond donors (Lipinski definition) is 0. The van der Waals surface area contributed by atoms with Crippen LogP contribution in [-0.4, -0.2) is 41.6 Å². The highest BCUT2D eigenvalue weighted by Gasteiger charge is 2.55. The molecule has 0 unspecified atom stereocenters. The maximum atomic E-state index is 11.6. The number of carbonyl (C=O) groups is 1. The first-order valence-corrected chi connectivity index (χ1v) is 8.64. The minimum absolute atomic E-state index is 0.144. The van der Waals surface area contributed by atoms with E-state index in [9.17, 15) is 4.79 Å². The molecule has 6 heteroatoms. The molecule has 2 aliphatic rings. The van der Waals surface area contributed by atoms with Gasteiger partial charge in [0.1, 0.15) is 17.6 Å². The van der Waals surface area contributed by atoms with Crippen LogP contribution in [0.3, 0.4) is 0 Å². The maximum absolute atomic E-state index is 11.6. The number of esters is 1. The average Bonchev–Trinajstić information content (AvgIpc) is 2.80. The zero-order valence-corrected chi connectivity index (χ0v) is 14.5. The fourth-order valence-corrected chi connectivity index (χ4v) is 4.16. The predicted octanol–water partition coefficient (Wildman–Crippen LogP) is 2.98. The number of benzene rings is 1. The molecule has 5 nitrogen and oxygen atoms in total. The van der Waals surface area contributed by atoms with Gasteiger partial charge in [0.2, 0.25) is 0 Å². The molecule has 5 atom stereocenters. The van der Waals surface area contributed by atoms with Crippen molar-refractivity contribution in [3.63, 3.8) is 0 Å². The lowest BCUT2D eigenvalue weighted by Crippen LogP contribution is -2.55. The van der Waals surface area contributed by atoms with E-state index in [-0.39, 0.29) is 29.7 Å². The van der Waals surface area contributed by atoms with Crippen molar-refractivity contribution in [1.82, 2.24) is 0 Å². The molecule has 2 saturated heterocycles. The summed E-state index contributed by atoms with van der Waals surface area (Å²) >= 11 is 1.53. The molecule has 126 valence electrons. The number of ether oxygens (including phenoxy) is 4. The molecule has 2 fully saturated rings. The zero-order valence-electron chi connectivity index (χ0n) is 13.7. The van der Waals surface area contributed by atoms with Crippen molar-refractivity contribution < 1.29 is 23.7 Å². The second-order valence-electron chi connectivity index (χ2n) is 6.28. The van der Waals surface area contributed by atoms with Gasteiger partial charge in [-0.15, -0.1) is 0 Å². The van der Waals surface area contributed by atoms with E-state index in [0.29, 0.717) is 0 Å². The zero-order chi connectivity index (χ0) is 16.6. The van der Waals surface area contributed by atoms with Crippen LogP contribution in [0.5, 0.6) is 0 Å². The highest BCUT2D eigenvalue weighted by molar-refractivity contribution is 7.99. The van der Waals surface area contributed by atoms with Crippen molar-refractivity contribution in [3.05, 3.63) is 30.3 Å². The summed E-state index contributed by atoms with van der Waals surface area (Å²) in [5.74, 6) is -1.06. The molecule has 1 aromatic carbocycles. The highest BCUT2D eigenvalue weighted by atomic mass is 32.2. The monoisotopic (exact) mass is 338 g/mol. The van der Waals surface area contributed by atoms with E-state index in [1.54, 1.807) is 0 Å². The summed E-state index contributed by atoms with van der Waals surface area (Å²) in [7, 11) is 0. The van der Waals surface area contributed by atoms with Crippen LogP contribution in [0.2, 0.25) is 0 Å². The van der Waals surface area contributed by atoms with Gasteiger partial charge in [-0.05, 0) is 32.9 Å². The Morgan fingerprint density at radius 2 is 1.83 bits per heavy atom. The van der Waals surface area contributed by atoms with Gasteiger partial charge in [0.05, 0.1) is 6.10 Å². The molecule has 0 aliphatic carbocycles. The number of thioether (sulfide) groups is 1. The highest BCUT2D eigenvalue weighted by Crippen LogP contribution is 2.42. The topological polar surface area (TPSA) is 54.0 Å². The summed E-state index contributed by atoms with van der Waals surface area (Å²) < 4.78 is 23.6. The van der Waals surface area contributed by atoms with Gasteiger partial charge in [0.15, 0.2) is 11.9 Å². The first-order valence-electron chi connectivity index (χ1n) is 7.76. The van der Waals surface area contributed by atoms with Crippen molar-refractivity contribution in [3.8, 4) is 0 Å². The van der Waals surface area contributed by atoms with Gasteiger partial charge < -0.3 is 18.9 Å². The first kappa shape index (κ1) is 16.8. The van der Waals surface area contributed by atoms with Gasteiger partial charge in [-0.2, -0.15) is 0 Å². The maximum Gasteiger partial charge on any atom is 0.303 e. The molecular weight excluding hydrogens is 316 g/mol. The summed E-state index contributed by atoms with van der Waals surface area (Å²) in [5, 5.41) is 0. The molecular formula is C17H22O5S. The Kier molecular flexibility index (Phi) is 4.69. The average molecular weight is 338 g/mol. The van der Waals surface area contributed by atoms with Crippen molar-refractivity contribution in [2.24, 2.45) is 0 Å². The third-order valence-corrected chi connectivity index (χ3v) is 5.02. The Morgan fingerprint density at radius 3 is 2.48 bits per heavy atom. The molecule has 0 saturated carbocycles. The van der Waals surface area contributed by atoms with Crippen molar-refractivity contribution in [2.45, 2.75) is 68.2 Å². The molecule has 1 aromatic rings. The summed E-state index contributed by atoms with van der Waals surface area (Å²) in [4.78, 5) is 12.6. The van der Waals surface area contributed by atoms with Gasteiger partial charge in [-0.1, -0.05) is 30.0 Å². The summed E-state index contributed by atoms with van der Waals surface area (Å²) in [6.07, 6.45) is -1.24. The second kappa shape index (κ2) is 6.43. The fourth-order valence-electron chi connectivity index (χ4n) is 3.00. The third-order valence-electron chi connectivity index (χ3n) is 3.86. The lowest BCUT2D eigenvalue weighted by molar-refractivity contribution is -0.185. The summed E-state index contributed by atoms with van der Waals surface area (Å²) in [5.41, 5.74) is -0.338. The Labute approximate surface area is 140 Å². The lowest BCUT2D eigenvalue weighted by Gasteiger charge is -2.40. The largest absolute Gasteiger partial charge is 0.456 e. The van der Waals surface area contributed by atoms with Crippen LogP contribution in [0.15, 0.2) is 35.2 Å². The van der Waals surface area contributed by atoms with Crippen LogP contribution in [0.1, 0.15) is 27.7 Å². The molecule has 0 spiro atoms. The van der Waals surface area contributed by atoms with Gasteiger partial charge >= 0.3 is 5.97 Å². The molecule has 0 radical (unpaired) electrons. The van der Waals surface area contributed by atoms with Gasteiger partial charge in [-0.3, -0.25) is 4.79 Å². The SMILES string of the molecule is CC(=O)O[C@@H]1[C@H]2OC(C)(C)O[C@H]2[C@@H](C)O[C@H]1Sc1ccccc1. The standard InChI is InChI=1S/C17H22O5S/c1-10-13-14(22-17(3,4)21-13)15(20-11(2)18)16(19-10)23-12-8-6-5-7-9-12/h5-10,13-16H,1-4H3/t10-,13+,14+,15-,16+/m1/s1. The van der Waals surface area contributed by atoms with Crippen LogP contribution in [-0.2, 0) is 23.7 Å². The van der Waals surface area contributed by atoms with Crippen LogP contribution in [0, 0.1) is 0 Å². The van der Waals surface area contributed by atoms with Gasteiger partial charge in [0.25, 0.3) is 0 Å². The number of fused-ring (bicyclic) bond motifs is 1. The fraction of sp³-hybridized carbons (Fsp3) is 0.588. The predicted molar refractivity (Wildman–Crippen MR) is 86.0 cm³/mol. The van der Waals surface area contributed by atoms with Crippen LogP contribution in [0.25, 0.3) is 0 Å². The number of rotatable bonds is 3. The third kappa shape index (κ3) is 3.71. The normalized spacial score (nSPS) is 35.6. The smallest absolute Gasteiger partial charge is 0.303 e. The van der Waals surface area contributed by atoms with E-state index < -0.39 is 11.9 Å². The number of carbonyl (C=O) groups excluding carboxylic acids is 1. The summed E-state index contributed by atoms with van der Waals surface area (Å²) in [6, 6.07) is 9.91. The van der Waals surface area contributed by atoms with Crippen molar-refractivity contribution in [1.29, 1.82) is 0 Å². The van der Waals surface area contributed by atoms with E-state index in [1.807, 2.05) is 51.1 Å². The summed E-state index contributed by atoms with van der Waals surface area (Å²) in [6.45, 7) is 7.09. The van der Waals surface area contributed by atoms with E-state index in [0.717, 1.165) is 4.90 Å². The minimum Gasteiger partial charge on any atom is -0.456 e. The Morgan fingerprint density at radius 1 is 1.17 bits per heavy atom. The van der Waals surface area contributed by atoms with Crippen LogP contribution >= 0.6 is 11.8 Å². The molecule has 3 rings (SSSR count). The Hall–Kier alpha value is -1.08. The van der Waals surface area contributed by atoms with E-state index in [4.69, 9.17) is 18.9 Å². The molecule has 0 amide bonds. The minimum atomic E-state index is -0.711. The van der Waals surface area contributed by atoms with E-state index >= 15 is 0 Å². The van der Waals surface area contributed by atoms with E-state index in [1.165, 1.54) is 18.7 Å². The van der Waals surface area contributed by atoms with E-state index in [2.05, 4.69) is 0 Å². The Bertz CT molecular complexity index is 561. The molecule has 2 aliphatic heterocycles. The van der Waals surface area contributed by atoms with Gasteiger partial charge in [0, 0.05) is 11.8 Å². The molecule has 23 heavy (non-hydrogen) atoms. The van der Waals surface area contributed by atoms with Crippen molar-refractivity contribution >= 4 is 17.7 Å². The molecule has 0 bridgehead atoms. The molecule has 0 N–H and O–H groups in total. The van der Waals surface area contributed by atoms with Crippen LogP contribution < -0.4 is 0 Å². The van der Waals surface area contributed by atoms with Gasteiger partial charge in [-0.25, -0.2) is 0 Å². The second-order valence-corrected chi connectivity index (χ2v) is 7.45. The lowest BCUT2D eigenvalue weighted by atomic mass is 10.0. The quantitative estimate of drug-likeness (QED) is 0.790. The molecule has 2 heterocycles. The first-order chi connectivity index (χ1) is 10.9. The van der Waals surface area contributed by atoms with Crippen molar-refractivity contribution in [2.75, 3.05) is 0 Å². The van der Waals surface area contributed by atoms with Crippen LogP contribution in [0.4, 0.5) is 0 Å². The number of hydrogen-bond acceptors (Lipinski definition) is 6. The Balaban J connectivity index is 1.84.